The fourth-order valence-electron chi connectivity index (χ4n) is 2.69. The monoisotopic (exact) mass is 446 g/mol. The quantitative estimate of drug-likeness (QED) is 0.218. The highest BCUT2D eigenvalue weighted by molar-refractivity contribution is 14.0. The molecule has 132 valence electrons. The number of nitrogens with one attached hydrogen (secondary N) is 2. The smallest absolute Gasteiger partial charge is 0.210 e. The lowest BCUT2D eigenvalue weighted by molar-refractivity contribution is 0.475. The largest absolute Gasteiger partial charge is 0.357 e. The molecule has 0 aromatic rings. The van der Waals surface area contributed by atoms with Gasteiger partial charge in [-0.3, -0.25) is 4.99 Å². The summed E-state index contributed by atoms with van der Waals surface area (Å²) in [6.45, 7) is 3.80. The Hall–Kier alpha value is -0.0900. The first-order valence-electron chi connectivity index (χ1n) is 8.04. The normalized spacial score (nSPS) is 16.4. The van der Waals surface area contributed by atoms with Gasteiger partial charge in [-0.2, -0.15) is 0 Å². The summed E-state index contributed by atoms with van der Waals surface area (Å²) in [6, 6.07) is 0. The van der Waals surface area contributed by atoms with E-state index in [1.54, 1.807) is 0 Å². The van der Waals surface area contributed by atoms with E-state index in [4.69, 9.17) is 5.14 Å². The molecule has 8 heteroatoms. The molecule has 22 heavy (non-hydrogen) atoms. The van der Waals surface area contributed by atoms with Gasteiger partial charge < -0.3 is 10.6 Å². The molecule has 0 bridgehead atoms. The minimum Gasteiger partial charge on any atom is -0.357 e. The van der Waals surface area contributed by atoms with E-state index >= 15 is 0 Å². The second-order valence-electron chi connectivity index (χ2n) is 5.70. The molecule has 0 atom stereocenters. The highest BCUT2D eigenvalue weighted by Crippen LogP contribution is 2.28. The van der Waals surface area contributed by atoms with E-state index < -0.39 is 10.0 Å². The Morgan fingerprint density at radius 2 is 1.91 bits per heavy atom. The maximum absolute atomic E-state index is 10.9. The first-order chi connectivity index (χ1) is 10.0. The van der Waals surface area contributed by atoms with Crippen molar-refractivity contribution in [3.05, 3.63) is 0 Å². The Balaban J connectivity index is 0.00000441. The molecule has 4 N–H and O–H groups in total. The van der Waals surface area contributed by atoms with Crippen molar-refractivity contribution >= 4 is 40.0 Å². The Kier molecular flexibility index (Phi) is 12.3. The maximum Gasteiger partial charge on any atom is 0.210 e. The van der Waals surface area contributed by atoms with Crippen molar-refractivity contribution in [1.82, 2.24) is 10.6 Å². The van der Waals surface area contributed by atoms with E-state index in [-0.39, 0.29) is 36.3 Å². The minimum atomic E-state index is -3.42. The summed E-state index contributed by atoms with van der Waals surface area (Å²) in [6.07, 6.45) is 9.25. The fourth-order valence-corrected chi connectivity index (χ4v) is 3.07. The molecule has 0 radical (unpaired) electrons. The Morgan fingerprint density at radius 1 is 1.23 bits per heavy atom. The maximum atomic E-state index is 10.9. The van der Waals surface area contributed by atoms with Crippen molar-refractivity contribution in [3.8, 4) is 0 Å². The lowest BCUT2D eigenvalue weighted by Crippen LogP contribution is -2.40. The number of hydrogen-bond donors (Lipinski definition) is 3. The van der Waals surface area contributed by atoms with Gasteiger partial charge in [-0.15, -0.1) is 24.0 Å². The first kappa shape index (κ1) is 21.9. The summed E-state index contributed by atoms with van der Waals surface area (Å²) in [5.41, 5.74) is 0. The molecule has 1 fully saturated rings. The molecule has 0 unspecified atom stereocenters. The third-order valence-corrected chi connectivity index (χ3v) is 4.56. The lowest BCUT2D eigenvalue weighted by Gasteiger charge is -2.11. The molecule has 0 heterocycles. The van der Waals surface area contributed by atoms with Crippen LogP contribution in [0.15, 0.2) is 4.99 Å². The van der Waals surface area contributed by atoms with Crippen LogP contribution >= 0.6 is 24.0 Å². The minimum absolute atomic E-state index is 0. The van der Waals surface area contributed by atoms with Gasteiger partial charge in [0.05, 0.1) is 5.75 Å². The molecule has 1 aliphatic carbocycles. The number of aliphatic imine (C=N–C) groups is 1. The number of sulfonamides is 1. The molecule has 1 aliphatic rings. The van der Waals surface area contributed by atoms with Crippen LogP contribution in [0.5, 0.6) is 0 Å². The molecule has 0 aliphatic heterocycles. The number of hydrogen-bond acceptors (Lipinski definition) is 3. The van der Waals surface area contributed by atoms with Crippen LogP contribution in [0.25, 0.3) is 0 Å². The fraction of sp³-hybridized carbons (Fsp3) is 0.929. The number of nitrogens with zero attached hydrogens (tertiary/aromatic N) is 1. The summed E-state index contributed by atoms with van der Waals surface area (Å²) in [5.74, 6) is 1.52. The number of halogens is 1. The van der Waals surface area contributed by atoms with Crippen LogP contribution in [0.3, 0.4) is 0 Å². The third-order valence-electron chi connectivity index (χ3n) is 3.79. The molecular weight excluding hydrogens is 415 g/mol. The molecule has 6 nitrogen and oxygen atoms in total. The van der Waals surface area contributed by atoms with Crippen LogP contribution in [0.2, 0.25) is 0 Å². The third kappa shape index (κ3) is 11.5. The van der Waals surface area contributed by atoms with Gasteiger partial charge in [0.2, 0.25) is 10.0 Å². The Labute approximate surface area is 152 Å². The van der Waals surface area contributed by atoms with Gasteiger partial charge in [0.25, 0.3) is 0 Å². The number of nitrogens with two attached hydrogens (primary N) is 1. The second-order valence-corrected chi connectivity index (χ2v) is 7.43. The number of primary sulfonamides is 1. The summed E-state index contributed by atoms with van der Waals surface area (Å²) in [5, 5.41) is 11.1. The van der Waals surface area contributed by atoms with Crippen LogP contribution in [0.4, 0.5) is 0 Å². The molecule has 0 spiro atoms. The molecule has 0 aromatic carbocycles. The highest BCUT2D eigenvalue weighted by atomic mass is 127. The van der Waals surface area contributed by atoms with Gasteiger partial charge in [-0.1, -0.05) is 38.5 Å². The number of unbranched alkanes of at least 4 members (excludes halogenated alkanes) is 1. The average Bonchev–Trinajstić information content (AvgIpc) is 2.90. The predicted molar refractivity (Wildman–Crippen MR) is 103 cm³/mol. The molecule has 1 saturated carbocycles. The van der Waals surface area contributed by atoms with Crippen LogP contribution in [-0.4, -0.2) is 39.8 Å². The molecular formula is C14H31IN4O2S. The van der Waals surface area contributed by atoms with Crippen molar-refractivity contribution in [2.75, 3.05) is 25.4 Å². The van der Waals surface area contributed by atoms with E-state index in [0.29, 0.717) is 5.96 Å². The number of guanidine groups is 1. The predicted octanol–water partition coefficient (Wildman–Crippen LogP) is 1.81. The molecule has 0 saturated heterocycles. The van der Waals surface area contributed by atoms with Gasteiger partial charge in [-0.05, 0) is 19.3 Å². The van der Waals surface area contributed by atoms with Crippen LogP contribution in [0.1, 0.15) is 51.9 Å². The van der Waals surface area contributed by atoms with E-state index in [1.165, 1.54) is 38.5 Å². The zero-order chi connectivity index (χ0) is 15.6. The molecule has 0 aromatic heterocycles. The highest BCUT2D eigenvalue weighted by Gasteiger charge is 2.13. The Bertz CT molecular complexity index is 409. The summed E-state index contributed by atoms with van der Waals surface area (Å²) < 4.78 is 21.7. The van der Waals surface area contributed by atoms with Gasteiger partial charge in [0, 0.05) is 19.6 Å². The van der Waals surface area contributed by atoms with Gasteiger partial charge in [0.15, 0.2) is 5.96 Å². The average molecular weight is 446 g/mol. The van der Waals surface area contributed by atoms with Crippen LogP contribution < -0.4 is 15.8 Å². The van der Waals surface area contributed by atoms with E-state index in [2.05, 4.69) is 15.6 Å². The zero-order valence-electron chi connectivity index (χ0n) is 13.5. The van der Waals surface area contributed by atoms with Crippen LogP contribution in [0, 0.1) is 5.92 Å². The van der Waals surface area contributed by atoms with E-state index in [9.17, 15) is 8.42 Å². The van der Waals surface area contributed by atoms with Crippen molar-refractivity contribution in [1.29, 1.82) is 0 Å². The second kappa shape index (κ2) is 12.3. The summed E-state index contributed by atoms with van der Waals surface area (Å²) in [7, 11) is -3.42. The first-order valence-corrected chi connectivity index (χ1v) is 9.75. The van der Waals surface area contributed by atoms with Gasteiger partial charge in [0.1, 0.15) is 0 Å². The van der Waals surface area contributed by atoms with Crippen molar-refractivity contribution < 1.29 is 8.42 Å². The van der Waals surface area contributed by atoms with Crippen molar-refractivity contribution in [3.63, 3.8) is 0 Å². The van der Waals surface area contributed by atoms with Gasteiger partial charge in [-0.25, -0.2) is 13.6 Å². The van der Waals surface area contributed by atoms with Gasteiger partial charge >= 0.3 is 0 Å². The molecule has 1 rings (SSSR count). The molecule has 0 amide bonds. The zero-order valence-corrected chi connectivity index (χ0v) is 16.7. The van der Waals surface area contributed by atoms with E-state index in [1.807, 2.05) is 6.92 Å². The van der Waals surface area contributed by atoms with Crippen molar-refractivity contribution in [2.24, 2.45) is 16.0 Å². The standard InChI is InChI=1S/C14H30N4O2S.HI/c1-2-16-14(18-11-12-21(15,19)20)17-10-6-5-9-13-7-3-4-8-13;/h13H,2-12H2,1H3,(H2,15,19,20)(H2,16,17,18);1H. The Morgan fingerprint density at radius 3 is 2.50 bits per heavy atom. The van der Waals surface area contributed by atoms with Crippen molar-refractivity contribution in [2.45, 2.75) is 51.9 Å². The van der Waals surface area contributed by atoms with E-state index in [0.717, 1.165) is 25.4 Å². The summed E-state index contributed by atoms with van der Waals surface area (Å²) >= 11 is 0. The lowest BCUT2D eigenvalue weighted by atomic mass is 10.0. The summed E-state index contributed by atoms with van der Waals surface area (Å²) in [4.78, 5) is 4.46. The number of rotatable bonds is 9. The van der Waals surface area contributed by atoms with Crippen LogP contribution in [-0.2, 0) is 10.0 Å². The topological polar surface area (TPSA) is 96.6 Å². The SMILES string of the molecule is CCNC(=NCCCCC1CCCC1)NCCS(N)(=O)=O.I.